The molecule has 27 heavy (non-hydrogen) atoms. The van der Waals surface area contributed by atoms with Crippen molar-refractivity contribution in [2.24, 2.45) is 0 Å². The lowest BCUT2D eigenvalue weighted by Gasteiger charge is -2.18. The van der Waals surface area contributed by atoms with Crippen LogP contribution in [0.15, 0.2) is 66.9 Å². The van der Waals surface area contributed by atoms with Gasteiger partial charge in [0.15, 0.2) is 5.82 Å². The number of benzene rings is 2. The molecule has 4 rings (SSSR count). The number of hydrogen-bond donors (Lipinski definition) is 0. The molecule has 132 valence electrons. The summed E-state index contributed by atoms with van der Waals surface area (Å²) in [5, 5.41) is 21.7. The molecule has 0 atom stereocenters. The van der Waals surface area contributed by atoms with Gasteiger partial charge in [0, 0.05) is 41.8 Å². The van der Waals surface area contributed by atoms with Crippen LogP contribution in [-0.2, 0) is 0 Å². The summed E-state index contributed by atoms with van der Waals surface area (Å²) in [6.45, 7) is 3.15. The number of rotatable bonds is 4. The number of non-ortho nitro benzene ring substituents is 2. The molecule has 9 nitrogen and oxygen atoms in total. The van der Waals surface area contributed by atoms with E-state index in [4.69, 9.17) is 0 Å². The van der Waals surface area contributed by atoms with Gasteiger partial charge in [0.25, 0.3) is 11.4 Å². The molecule has 0 amide bonds. The first-order chi connectivity index (χ1) is 13.0. The van der Waals surface area contributed by atoms with Crippen molar-refractivity contribution >= 4 is 34.3 Å². The van der Waals surface area contributed by atoms with Crippen LogP contribution in [0.1, 0.15) is 0 Å². The van der Waals surface area contributed by atoms with Gasteiger partial charge in [-0.1, -0.05) is 0 Å². The summed E-state index contributed by atoms with van der Waals surface area (Å²) in [5.41, 5.74) is 2.07. The molecule has 2 aromatic carbocycles. The Balaban J connectivity index is 1.70. The predicted octanol–water partition coefficient (Wildman–Crippen LogP) is 4.18. The highest BCUT2D eigenvalue weighted by Gasteiger charge is 2.31. The van der Waals surface area contributed by atoms with E-state index in [1.54, 1.807) is 46.3 Å². The first-order valence-corrected chi connectivity index (χ1v) is 7.85. The van der Waals surface area contributed by atoms with Crippen molar-refractivity contribution in [2.75, 3.05) is 9.80 Å². The number of hydrogen-bond acceptors (Lipinski definition) is 7. The number of nitro benzene ring substituents is 2. The van der Waals surface area contributed by atoms with Gasteiger partial charge >= 0.3 is 0 Å². The third-order valence-corrected chi connectivity index (χ3v) is 4.06. The molecule has 1 aromatic heterocycles. The van der Waals surface area contributed by atoms with Crippen molar-refractivity contribution in [2.45, 2.75) is 0 Å². The van der Waals surface area contributed by atoms with Crippen LogP contribution < -0.4 is 9.80 Å². The Hall–Kier alpha value is -4.01. The van der Waals surface area contributed by atoms with Gasteiger partial charge in [0.1, 0.15) is 0 Å². The molecule has 0 N–H and O–H groups in total. The topological polar surface area (TPSA) is 106 Å². The summed E-state index contributed by atoms with van der Waals surface area (Å²) in [6, 6.07) is 15.8. The van der Waals surface area contributed by atoms with Crippen molar-refractivity contribution in [3.63, 3.8) is 0 Å². The van der Waals surface area contributed by atoms with E-state index in [1.165, 1.54) is 24.3 Å². The van der Waals surface area contributed by atoms with Gasteiger partial charge in [-0.3, -0.25) is 25.1 Å². The molecular formula is C18H11N5O4. The highest BCUT2D eigenvalue weighted by atomic mass is 16.6. The molecule has 0 fully saturated rings. The van der Waals surface area contributed by atoms with Gasteiger partial charge in [-0.15, -0.1) is 0 Å². The minimum atomic E-state index is -0.462. The maximum Gasteiger partial charge on any atom is 0.269 e. The van der Waals surface area contributed by atoms with Crippen LogP contribution in [0.4, 0.5) is 34.3 Å². The summed E-state index contributed by atoms with van der Waals surface area (Å²) in [6.07, 6.45) is 1.64. The maximum absolute atomic E-state index is 10.9. The molecule has 0 saturated carbocycles. The molecule has 9 heteroatoms. The Labute approximate surface area is 153 Å². The van der Waals surface area contributed by atoms with E-state index in [2.05, 4.69) is 11.7 Å². The fourth-order valence-corrected chi connectivity index (χ4v) is 2.76. The summed E-state index contributed by atoms with van der Waals surface area (Å²) < 4.78 is 0. The van der Waals surface area contributed by atoms with Gasteiger partial charge in [0.05, 0.1) is 15.5 Å². The Bertz CT molecular complexity index is 938. The Morgan fingerprint density at radius 1 is 0.778 bits per heavy atom. The predicted molar refractivity (Wildman–Crippen MR) is 98.0 cm³/mol. The largest absolute Gasteiger partial charge is 0.306 e. The van der Waals surface area contributed by atoms with E-state index in [1.807, 2.05) is 6.07 Å². The van der Waals surface area contributed by atoms with E-state index in [0.717, 1.165) is 5.69 Å². The molecule has 1 aliphatic heterocycles. The zero-order valence-electron chi connectivity index (χ0n) is 13.7. The minimum Gasteiger partial charge on any atom is -0.306 e. The summed E-state index contributed by atoms with van der Waals surface area (Å²) in [5.74, 6) is 0.602. The SMILES string of the molecule is O=[N+]([O-])c1ccc(N2[C]N(c3ccc([N+](=O)[O-])cc3)c3ncccc32)cc1. The molecule has 0 spiro atoms. The lowest BCUT2D eigenvalue weighted by Crippen LogP contribution is -2.17. The van der Waals surface area contributed by atoms with Crippen molar-refractivity contribution in [3.8, 4) is 0 Å². The molecule has 0 saturated heterocycles. The van der Waals surface area contributed by atoms with Gasteiger partial charge in [-0.2, -0.15) is 0 Å². The molecule has 3 aromatic rings. The molecule has 2 radical (unpaired) electrons. The van der Waals surface area contributed by atoms with Crippen LogP contribution in [0.3, 0.4) is 0 Å². The number of nitro groups is 2. The Kier molecular flexibility index (Phi) is 3.88. The minimum absolute atomic E-state index is 0.00316. The summed E-state index contributed by atoms with van der Waals surface area (Å²) in [4.78, 5) is 28.6. The molecule has 0 bridgehead atoms. The monoisotopic (exact) mass is 361 g/mol. The zero-order valence-corrected chi connectivity index (χ0v) is 13.7. The second-order valence-corrected chi connectivity index (χ2v) is 5.66. The Morgan fingerprint density at radius 2 is 1.30 bits per heavy atom. The van der Waals surface area contributed by atoms with Gasteiger partial charge < -0.3 is 4.90 Å². The van der Waals surface area contributed by atoms with Crippen molar-refractivity contribution < 1.29 is 9.85 Å². The average Bonchev–Trinajstić information content (AvgIpc) is 3.08. The van der Waals surface area contributed by atoms with Gasteiger partial charge in [0.2, 0.25) is 6.67 Å². The van der Waals surface area contributed by atoms with Crippen LogP contribution in [0, 0.1) is 26.9 Å². The van der Waals surface area contributed by atoms with Gasteiger partial charge in [-0.05, 0) is 36.4 Å². The number of nitrogens with zero attached hydrogens (tertiary/aromatic N) is 5. The molecule has 2 heterocycles. The van der Waals surface area contributed by atoms with E-state index in [0.29, 0.717) is 17.2 Å². The van der Waals surface area contributed by atoms with Crippen molar-refractivity contribution in [1.29, 1.82) is 0 Å². The van der Waals surface area contributed by atoms with E-state index >= 15 is 0 Å². The molecule has 1 aliphatic rings. The van der Waals surface area contributed by atoms with E-state index in [-0.39, 0.29) is 11.4 Å². The standard InChI is InChI=1S/C18H11N5O4/c24-22(25)15-7-3-13(4-8-15)20-12-21(18-17(20)2-1-11-19-18)14-5-9-16(10-6-14)23(26)27/h1-11H. The average molecular weight is 361 g/mol. The third-order valence-electron chi connectivity index (χ3n) is 4.06. The fraction of sp³-hybridized carbons (Fsp3) is 0. The van der Waals surface area contributed by atoms with Gasteiger partial charge in [-0.25, -0.2) is 4.98 Å². The maximum atomic E-state index is 10.9. The van der Waals surface area contributed by atoms with E-state index in [9.17, 15) is 20.2 Å². The van der Waals surface area contributed by atoms with Crippen LogP contribution in [0.2, 0.25) is 0 Å². The summed E-state index contributed by atoms with van der Waals surface area (Å²) in [7, 11) is 0. The van der Waals surface area contributed by atoms with Crippen LogP contribution in [-0.4, -0.2) is 14.8 Å². The second-order valence-electron chi connectivity index (χ2n) is 5.66. The lowest BCUT2D eigenvalue weighted by atomic mass is 10.2. The zero-order chi connectivity index (χ0) is 19.0. The van der Waals surface area contributed by atoms with Crippen LogP contribution in [0.25, 0.3) is 0 Å². The Morgan fingerprint density at radius 3 is 1.81 bits per heavy atom. The van der Waals surface area contributed by atoms with Crippen LogP contribution in [0.5, 0.6) is 0 Å². The molecule has 0 unspecified atom stereocenters. The normalized spacial score (nSPS) is 12.7. The van der Waals surface area contributed by atoms with Crippen molar-refractivity contribution in [1.82, 2.24) is 4.98 Å². The number of fused-ring (bicyclic) bond motifs is 1. The summed E-state index contributed by atoms with van der Waals surface area (Å²) >= 11 is 0. The lowest BCUT2D eigenvalue weighted by molar-refractivity contribution is -0.385. The number of aromatic nitrogens is 1. The highest BCUT2D eigenvalue weighted by molar-refractivity contribution is 5.87. The highest BCUT2D eigenvalue weighted by Crippen LogP contribution is 2.44. The van der Waals surface area contributed by atoms with E-state index < -0.39 is 9.85 Å². The quantitative estimate of drug-likeness (QED) is 0.507. The number of pyridine rings is 1. The van der Waals surface area contributed by atoms with Crippen LogP contribution >= 0.6 is 0 Å². The number of anilines is 4. The molecule has 0 aliphatic carbocycles. The van der Waals surface area contributed by atoms with Crippen molar-refractivity contribution in [3.05, 3.63) is 93.8 Å². The smallest absolute Gasteiger partial charge is 0.269 e. The molecular weight excluding hydrogens is 350 g/mol. The first-order valence-electron chi connectivity index (χ1n) is 7.85. The fourth-order valence-electron chi connectivity index (χ4n) is 2.76. The third kappa shape index (κ3) is 2.91. The first kappa shape index (κ1) is 16.5. The second kappa shape index (κ2) is 6.37.